The van der Waals surface area contributed by atoms with Gasteiger partial charge in [-0.3, -0.25) is 4.99 Å². The predicted molar refractivity (Wildman–Crippen MR) is 123 cm³/mol. The fourth-order valence-corrected chi connectivity index (χ4v) is 2.92. The van der Waals surface area contributed by atoms with Crippen LogP contribution in [0.3, 0.4) is 0 Å². The SMILES string of the molecule is CN=C(NCCc1ncc(C)s1)NCCC(C)N(C)C(=O)OC(C)(C)C.I. The van der Waals surface area contributed by atoms with E-state index < -0.39 is 5.60 Å². The van der Waals surface area contributed by atoms with Crippen LogP contribution >= 0.6 is 35.3 Å². The zero-order valence-electron chi connectivity index (χ0n) is 17.5. The molecule has 0 saturated heterocycles. The van der Waals surface area contributed by atoms with E-state index in [9.17, 15) is 4.79 Å². The molecule has 7 nitrogen and oxygen atoms in total. The quantitative estimate of drug-likeness (QED) is 0.333. The van der Waals surface area contributed by atoms with E-state index in [0.29, 0.717) is 6.54 Å². The summed E-state index contributed by atoms with van der Waals surface area (Å²) in [6.45, 7) is 11.2. The summed E-state index contributed by atoms with van der Waals surface area (Å²) in [5, 5.41) is 7.68. The van der Waals surface area contributed by atoms with E-state index in [4.69, 9.17) is 4.74 Å². The Morgan fingerprint density at radius 1 is 1.37 bits per heavy atom. The molecule has 0 fully saturated rings. The van der Waals surface area contributed by atoms with Gasteiger partial charge in [0.15, 0.2) is 5.96 Å². The molecule has 9 heteroatoms. The van der Waals surface area contributed by atoms with Crippen molar-refractivity contribution in [1.29, 1.82) is 0 Å². The molecule has 1 aromatic rings. The summed E-state index contributed by atoms with van der Waals surface area (Å²) >= 11 is 1.72. The fourth-order valence-electron chi connectivity index (χ4n) is 2.13. The van der Waals surface area contributed by atoms with Crippen LogP contribution in [-0.4, -0.2) is 60.8 Å². The number of halogens is 1. The number of carbonyl (C=O) groups excluding carboxylic acids is 1. The first-order chi connectivity index (χ1) is 12.1. The molecule has 2 N–H and O–H groups in total. The van der Waals surface area contributed by atoms with Crippen LogP contribution in [0.2, 0.25) is 0 Å². The van der Waals surface area contributed by atoms with Gasteiger partial charge in [-0.15, -0.1) is 35.3 Å². The maximum Gasteiger partial charge on any atom is 0.410 e. The summed E-state index contributed by atoms with van der Waals surface area (Å²) < 4.78 is 5.39. The van der Waals surface area contributed by atoms with Crippen molar-refractivity contribution in [2.24, 2.45) is 4.99 Å². The average Bonchev–Trinajstić information content (AvgIpc) is 2.96. The number of aliphatic imine (C=N–C) groups is 1. The van der Waals surface area contributed by atoms with Gasteiger partial charge in [0.05, 0.1) is 5.01 Å². The third kappa shape index (κ3) is 10.7. The van der Waals surface area contributed by atoms with Crippen molar-refractivity contribution in [3.8, 4) is 0 Å². The van der Waals surface area contributed by atoms with Gasteiger partial charge < -0.3 is 20.3 Å². The number of carbonyl (C=O) groups is 1. The van der Waals surface area contributed by atoms with Crippen LogP contribution in [0.1, 0.15) is 44.0 Å². The highest BCUT2D eigenvalue weighted by atomic mass is 127. The van der Waals surface area contributed by atoms with E-state index in [1.807, 2.05) is 33.9 Å². The average molecular weight is 511 g/mol. The Kier molecular flexibility index (Phi) is 11.9. The number of ether oxygens (including phenoxy) is 1. The van der Waals surface area contributed by atoms with Crippen molar-refractivity contribution in [2.75, 3.05) is 27.2 Å². The zero-order valence-corrected chi connectivity index (χ0v) is 20.6. The number of rotatable bonds is 7. The summed E-state index contributed by atoms with van der Waals surface area (Å²) in [5.41, 5.74) is -0.481. The lowest BCUT2D eigenvalue weighted by atomic mass is 10.2. The third-order valence-electron chi connectivity index (χ3n) is 3.72. The lowest BCUT2D eigenvalue weighted by molar-refractivity contribution is 0.0230. The molecule has 0 aliphatic carbocycles. The van der Waals surface area contributed by atoms with Crippen LogP contribution in [0, 0.1) is 6.92 Å². The number of guanidine groups is 1. The minimum absolute atomic E-state index is 0. The maximum atomic E-state index is 12.1. The molecule has 0 radical (unpaired) electrons. The molecular weight excluding hydrogens is 477 g/mol. The van der Waals surface area contributed by atoms with Crippen LogP contribution in [0.25, 0.3) is 0 Å². The van der Waals surface area contributed by atoms with Gasteiger partial charge in [-0.2, -0.15) is 0 Å². The normalized spacial score (nSPS) is 12.8. The molecule has 0 bridgehead atoms. The molecule has 156 valence electrons. The summed E-state index contributed by atoms with van der Waals surface area (Å²) in [6.07, 6.45) is 3.26. The standard InChI is InChI=1S/C18H33N5O2S.HI/c1-13(23(7)17(24)25-18(3,4)5)8-10-20-16(19-6)21-11-9-15-22-12-14(2)26-15;/h12-13H,8-11H2,1-7H3,(H2,19,20,21);1H. The van der Waals surface area contributed by atoms with E-state index in [1.165, 1.54) is 4.88 Å². The lowest BCUT2D eigenvalue weighted by Crippen LogP contribution is -2.43. The Bertz CT molecular complexity index is 601. The van der Waals surface area contributed by atoms with Gasteiger partial charge in [0.1, 0.15) is 5.60 Å². The molecule has 1 atom stereocenters. The van der Waals surface area contributed by atoms with E-state index >= 15 is 0 Å². The number of hydrogen-bond donors (Lipinski definition) is 2. The van der Waals surface area contributed by atoms with Gasteiger partial charge in [0.2, 0.25) is 0 Å². The second kappa shape index (κ2) is 12.4. The number of thiazole rings is 1. The van der Waals surface area contributed by atoms with Crippen LogP contribution in [0.15, 0.2) is 11.2 Å². The van der Waals surface area contributed by atoms with E-state index in [2.05, 4.69) is 27.5 Å². The smallest absolute Gasteiger partial charge is 0.410 e. The number of nitrogens with zero attached hydrogens (tertiary/aromatic N) is 3. The first-order valence-corrected chi connectivity index (χ1v) is 9.75. The minimum Gasteiger partial charge on any atom is -0.444 e. The summed E-state index contributed by atoms with van der Waals surface area (Å²) in [6, 6.07) is 0.0637. The van der Waals surface area contributed by atoms with Crippen molar-refractivity contribution in [3.63, 3.8) is 0 Å². The number of amides is 1. The Labute approximate surface area is 184 Å². The van der Waals surface area contributed by atoms with Crippen molar-refractivity contribution in [1.82, 2.24) is 20.5 Å². The fraction of sp³-hybridized carbons (Fsp3) is 0.722. The first kappa shape index (κ1) is 25.9. The topological polar surface area (TPSA) is 78.9 Å². The molecule has 27 heavy (non-hydrogen) atoms. The Balaban J connectivity index is 0.00000676. The molecule has 0 aliphatic heterocycles. The van der Waals surface area contributed by atoms with Crippen molar-refractivity contribution in [3.05, 3.63) is 16.1 Å². The highest BCUT2D eigenvalue weighted by Crippen LogP contribution is 2.12. The van der Waals surface area contributed by atoms with Crippen LogP contribution in [-0.2, 0) is 11.2 Å². The molecule has 1 aromatic heterocycles. The number of nitrogens with one attached hydrogen (secondary N) is 2. The summed E-state index contributed by atoms with van der Waals surface area (Å²) in [7, 11) is 3.51. The van der Waals surface area contributed by atoms with E-state index in [0.717, 1.165) is 30.4 Å². The molecule has 1 heterocycles. The molecule has 1 rings (SSSR count). The van der Waals surface area contributed by atoms with Crippen molar-refractivity contribution >= 4 is 47.4 Å². The Morgan fingerprint density at radius 3 is 2.52 bits per heavy atom. The van der Waals surface area contributed by atoms with Crippen LogP contribution in [0.5, 0.6) is 0 Å². The van der Waals surface area contributed by atoms with Gasteiger partial charge in [-0.1, -0.05) is 0 Å². The van der Waals surface area contributed by atoms with Gasteiger partial charge in [-0.25, -0.2) is 9.78 Å². The molecule has 1 unspecified atom stereocenters. The molecule has 0 aromatic carbocycles. The molecular formula is C18H34IN5O2S. The van der Waals surface area contributed by atoms with Crippen LogP contribution in [0.4, 0.5) is 4.79 Å². The first-order valence-electron chi connectivity index (χ1n) is 8.94. The third-order valence-corrected chi connectivity index (χ3v) is 4.69. The monoisotopic (exact) mass is 511 g/mol. The highest BCUT2D eigenvalue weighted by molar-refractivity contribution is 14.0. The Hall–Kier alpha value is -1.10. The summed E-state index contributed by atoms with van der Waals surface area (Å²) in [5.74, 6) is 0.755. The zero-order chi connectivity index (χ0) is 19.7. The number of aryl methyl sites for hydroxylation is 1. The van der Waals surface area contributed by atoms with Crippen LogP contribution < -0.4 is 10.6 Å². The minimum atomic E-state index is -0.481. The Morgan fingerprint density at radius 2 is 2.00 bits per heavy atom. The van der Waals surface area contributed by atoms with Gasteiger partial charge >= 0.3 is 6.09 Å². The predicted octanol–water partition coefficient (Wildman–Crippen LogP) is 3.42. The highest BCUT2D eigenvalue weighted by Gasteiger charge is 2.22. The van der Waals surface area contributed by atoms with Gasteiger partial charge in [-0.05, 0) is 41.0 Å². The van der Waals surface area contributed by atoms with Crippen molar-refractivity contribution in [2.45, 2.75) is 59.1 Å². The van der Waals surface area contributed by atoms with Crippen molar-refractivity contribution < 1.29 is 9.53 Å². The number of aromatic nitrogens is 1. The second-order valence-corrected chi connectivity index (χ2v) is 8.59. The van der Waals surface area contributed by atoms with E-state index in [1.54, 1.807) is 30.3 Å². The maximum absolute atomic E-state index is 12.1. The molecule has 0 saturated carbocycles. The molecule has 1 amide bonds. The molecule has 0 aliphatic rings. The molecule has 0 spiro atoms. The second-order valence-electron chi connectivity index (χ2n) is 7.27. The van der Waals surface area contributed by atoms with Gasteiger partial charge in [0, 0.05) is 50.7 Å². The largest absolute Gasteiger partial charge is 0.444 e. The summed E-state index contributed by atoms with van der Waals surface area (Å²) in [4.78, 5) is 23.5. The van der Waals surface area contributed by atoms with Gasteiger partial charge in [0.25, 0.3) is 0 Å². The number of hydrogen-bond acceptors (Lipinski definition) is 5. The lowest BCUT2D eigenvalue weighted by Gasteiger charge is -2.28. The van der Waals surface area contributed by atoms with E-state index in [-0.39, 0.29) is 36.1 Å².